The Morgan fingerprint density at radius 1 is 0.825 bits per heavy atom. The van der Waals surface area contributed by atoms with E-state index in [9.17, 15) is 17.6 Å². The minimum Gasteiger partial charge on any atom is -0.298 e. The summed E-state index contributed by atoms with van der Waals surface area (Å²) in [7, 11) is -3.89. The standard InChI is InChI=1S/C31H26FN3O3S2/c1-2-6-28-29(23-11-9-22(10-12-23)21-7-4-3-5-8-21)33-31(39-28)34-30(36)24-13-17-26(18-14-24)35-40(37,38)27-19-15-25(32)16-20-27/h3-5,7-20,35H,2,6H2,1H3,(H,33,34,36). The molecule has 6 nitrogen and oxygen atoms in total. The monoisotopic (exact) mass is 571 g/mol. The van der Waals surface area contributed by atoms with Crippen molar-refractivity contribution in [3.63, 3.8) is 0 Å². The van der Waals surface area contributed by atoms with Crippen LogP contribution in [-0.4, -0.2) is 19.3 Å². The molecule has 0 fully saturated rings. The van der Waals surface area contributed by atoms with Gasteiger partial charge in [-0.2, -0.15) is 0 Å². The molecule has 1 amide bonds. The van der Waals surface area contributed by atoms with E-state index in [1.54, 1.807) is 0 Å². The van der Waals surface area contributed by atoms with Crippen LogP contribution in [0.3, 0.4) is 0 Å². The molecule has 0 radical (unpaired) electrons. The molecule has 5 rings (SSSR count). The molecule has 0 aliphatic rings. The first kappa shape index (κ1) is 27.2. The number of hydrogen-bond donors (Lipinski definition) is 2. The number of sulfonamides is 1. The van der Waals surface area contributed by atoms with Gasteiger partial charge in [-0.3, -0.25) is 14.8 Å². The van der Waals surface area contributed by atoms with E-state index in [0.717, 1.165) is 52.2 Å². The van der Waals surface area contributed by atoms with Crippen molar-refractivity contribution in [2.24, 2.45) is 0 Å². The highest BCUT2D eigenvalue weighted by atomic mass is 32.2. The van der Waals surface area contributed by atoms with Crippen molar-refractivity contribution in [1.29, 1.82) is 0 Å². The van der Waals surface area contributed by atoms with Crippen LogP contribution < -0.4 is 10.0 Å². The third-order valence-corrected chi connectivity index (χ3v) is 8.61. The first-order chi connectivity index (χ1) is 19.3. The lowest BCUT2D eigenvalue weighted by Gasteiger charge is -2.09. The van der Waals surface area contributed by atoms with Crippen molar-refractivity contribution in [3.05, 3.63) is 119 Å². The van der Waals surface area contributed by atoms with Crippen LogP contribution in [0.5, 0.6) is 0 Å². The number of aryl methyl sites for hydroxylation is 1. The molecule has 0 saturated carbocycles. The molecule has 2 N–H and O–H groups in total. The van der Waals surface area contributed by atoms with Gasteiger partial charge in [0.15, 0.2) is 5.13 Å². The Kier molecular flexibility index (Phi) is 8.04. The summed E-state index contributed by atoms with van der Waals surface area (Å²) >= 11 is 1.45. The van der Waals surface area contributed by atoms with Crippen LogP contribution >= 0.6 is 11.3 Å². The maximum atomic E-state index is 13.1. The van der Waals surface area contributed by atoms with Gasteiger partial charge in [0, 0.05) is 21.7 Å². The Morgan fingerprint density at radius 3 is 2.10 bits per heavy atom. The van der Waals surface area contributed by atoms with Gasteiger partial charge >= 0.3 is 0 Å². The Balaban J connectivity index is 1.30. The molecule has 9 heteroatoms. The second kappa shape index (κ2) is 11.8. The van der Waals surface area contributed by atoms with Crippen molar-refractivity contribution in [1.82, 2.24) is 4.98 Å². The minimum absolute atomic E-state index is 0.0621. The maximum Gasteiger partial charge on any atom is 0.261 e. The number of thiazole rings is 1. The molecule has 202 valence electrons. The van der Waals surface area contributed by atoms with Gasteiger partial charge in [0.25, 0.3) is 15.9 Å². The van der Waals surface area contributed by atoms with E-state index in [-0.39, 0.29) is 16.5 Å². The Morgan fingerprint density at radius 2 is 1.45 bits per heavy atom. The van der Waals surface area contributed by atoms with E-state index in [2.05, 4.69) is 41.2 Å². The SMILES string of the molecule is CCCc1sc(NC(=O)c2ccc(NS(=O)(=O)c3ccc(F)cc3)cc2)nc1-c1ccc(-c2ccccc2)cc1. The summed E-state index contributed by atoms with van der Waals surface area (Å²) < 4.78 is 40.7. The van der Waals surface area contributed by atoms with Crippen molar-refractivity contribution >= 4 is 38.1 Å². The lowest BCUT2D eigenvalue weighted by molar-refractivity contribution is 0.102. The molecule has 1 heterocycles. The van der Waals surface area contributed by atoms with E-state index >= 15 is 0 Å². The molecule has 4 aromatic carbocycles. The van der Waals surface area contributed by atoms with Gasteiger partial charge in [-0.15, -0.1) is 11.3 Å². The van der Waals surface area contributed by atoms with Gasteiger partial charge < -0.3 is 0 Å². The summed E-state index contributed by atoms with van der Waals surface area (Å²) in [6.45, 7) is 2.10. The lowest BCUT2D eigenvalue weighted by Crippen LogP contribution is -2.14. The fraction of sp³-hybridized carbons (Fsp3) is 0.0968. The highest BCUT2D eigenvalue weighted by molar-refractivity contribution is 7.92. The van der Waals surface area contributed by atoms with E-state index in [1.807, 2.05) is 30.3 Å². The highest BCUT2D eigenvalue weighted by Crippen LogP contribution is 2.33. The van der Waals surface area contributed by atoms with Crippen LogP contribution in [0, 0.1) is 5.82 Å². The second-order valence-corrected chi connectivity index (χ2v) is 11.8. The molecule has 0 aliphatic heterocycles. The summed E-state index contributed by atoms with van der Waals surface area (Å²) in [6.07, 6.45) is 1.78. The van der Waals surface area contributed by atoms with Gasteiger partial charge in [0.05, 0.1) is 10.6 Å². The predicted molar refractivity (Wildman–Crippen MR) is 159 cm³/mol. The van der Waals surface area contributed by atoms with Crippen molar-refractivity contribution < 1.29 is 17.6 Å². The Hall–Kier alpha value is -4.34. The maximum absolute atomic E-state index is 13.1. The van der Waals surface area contributed by atoms with Gasteiger partial charge in [-0.25, -0.2) is 17.8 Å². The number of benzene rings is 4. The largest absolute Gasteiger partial charge is 0.298 e. The van der Waals surface area contributed by atoms with Gasteiger partial charge in [-0.1, -0.05) is 67.9 Å². The first-order valence-corrected chi connectivity index (χ1v) is 15.0. The molecule has 0 spiro atoms. The molecule has 0 unspecified atom stereocenters. The van der Waals surface area contributed by atoms with Crippen molar-refractivity contribution in [3.8, 4) is 22.4 Å². The van der Waals surface area contributed by atoms with Gasteiger partial charge in [0.1, 0.15) is 5.82 Å². The number of amides is 1. The molecule has 1 aromatic heterocycles. The number of nitrogens with zero attached hydrogens (tertiary/aromatic N) is 1. The Bertz CT molecular complexity index is 1720. The zero-order chi connectivity index (χ0) is 28.1. The molecular formula is C31H26FN3O3S2. The predicted octanol–water partition coefficient (Wildman–Crippen LogP) is 7.62. The quantitative estimate of drug-likeness (QED) is 0.190. The minimum atomic E-state index is -3.89. The zero-order valence-corrected chi connectivity index (χ0v) is 23.2. The normalized spacial score (nSPS) is 11.2. The molecule has 0 bridgehead atoms. The van der Waals surface area contributed by atoms with E-state index in [0.29, 0.717) is 10.7 Å². The van der Waals surface area contributed by atoms with Crippen molar-refractivity contribution in [2.75, 3.05) is 10.0 Å². The molecule has 0 aliphatic carbocycles. The van der Waals surface area contributed by atoms with Gasteiger partial charge in [-0.05, 0) is 66.1 Å². The van der Waals surface area contributed by atoms with Gasteiger partial charge in [0.2, 0.25) is 0 Å². The lowest BCUT2D eigenvalue weighted by atomic mass is 10.0. The average Bonchev–Trinajstić information content (AvgIpc) is 3.36. The number of carbonyl (C=O) groups is 1. The molecule has 40 heavy (non-hydrogen) atoms. The van der Waals surface area contributed by atoms with Crippen molar-refractivity contribution in [2.45, 2.75) is 24.7 Å². The number of nitrogens with one attached hydrogen (secondary N) is 2. The molecular weight excluding hydrogens is 545 g/mol. The summed E-state index contributed by atoms with van der Waals surface area (Å²) in [5, 5.41) is 3.37. The van der Waals surface area contributed by atoms with Crippen LogP contribution in [0.4, 0.5) is 15.2 Å². The van der Waals surface area contributed by atoms with Crippen LogP contribution in [0.2, 0.25) is 0 Å². The number of anilines is 2. The topological polar surface area (TPSA) is 88.2 Å². The fourth-order valence-corrected chi connectivity index (χ4v) is 6.30. The van der Waals surface area contributed by atoms with Crippen LogP contribution in [0.25, 0.3) is 22.4 Å². The van der Waals surface area contributed by atoms with Crippen LogP contribution in [-0.2, 0) is 16.4 Å². The summed E-state index contributed by atoms with van der Waals surface area (Å²) in [5.41, 5.74) is 4.73. The summed E-state index contributed by atoms with van der Waals surface area (Å²) in [5.74, 6) is -0.875. The number of halogens is 1. The average molecular weight is 572 g/mol. The molecule has 5 aromatic rings. The fourth-order valence-electron chi connectivity index (χ4n) is 4.17. The number of carbonyl (C=O) groups excluding carboxylic acids is 1. The van der Waals surface area contributed by atoms with Crippen LogP contribution in [0.1, 0.15) is 28.6 Å². The molecule has 0 atom stereocenters. The van der Waals surface area contributed by atoms with Crippen LogP contribution in [0.15, 0.2) is 108 Å². The number of hydrogen-bond acceptors (Lipinski definition) is 5. The highest BCUT2D eigenvalue weighted by Gasteiger charge is 2.17. The summed E-state index contributed by atoms with van der Waals surface area (Å²) in [4.78, 5) is 18.7. The smallest absolute Gasteiger partial charge is 0.261 e. The summed E-state index contributed by atoms with van der Waals surface area (Å²) in [6, 6.07) is 29.0. The van der Waals surface area contributed by atoms with E-state index in [4.69, 9.17) is 4.98 Å². The van der Waals surface area contributed by atoms with E-state index in [1.165, 1.54) is 47.7 Å². The van der Waals surface area contributed by atoms with E-state index < -0.39 is 15.8 Å². The first-order valence-electron chi connectivity index (χ1n) is 12.7. The zero-order valence-electron chi connectivity index (χ0n) is 21.6. The molecule has 0 saturated heterocycles. The third-order valence-electron chi connectivity index (χ3n) is 6.18. The number of aromatic nitrogens is 1. The third kappa shape index (κ3) is 6.27. The number of rotatable bonds is 9. The second-order valence-electron chi connectivity index (χ2n) is 9.08. The Labute approximate surface area is 236 Å².